The minimum absolute atomic E-state index is 0.351. The van der Waals surface area contributed by atoms with Crippen molar-refractivity contribution in [2.75, 3.05) is 18.0 Å². The summed E-state index contributed by atoms with van der Waals surface area (Å²) in [6, 6.07) is 9.01. The van der Waals surface area contributed by atoms with Crippen molar-refractivity contribution < 1.29 is 0 Å². The fourth-order valence-corrected chi connectivity index (χ4v) is 2.77. The van der Waals surface area contributed by atoms with Crippen LogP contribution in [-0.4, -0.2) is 29.3 Å². The van der Waals surface area contributed by atoms with Gasteiger partial charge in [-0.25, -0.2) is 0 Å². The number of anilines is 1. The third-order valence-corrected chi connectivity index (χ3v) is 4.11. The zero-order chi connectivity index (χ0) is 14.1. The zero-order valence-corrected chi connectivity index (χ0v) is 12.2. The highest BCUT2D eigenvalue weighted by Gasteiger charge is 2.18. The molecular weight excluding hydrogens is 248 g/mol. The number of piperidine rings is 1. The standard InChI is InChI=1S/C16H22N4/c1-11-3-4-12(2)14(9-11)15-10-16(19-18-15)20-7-5-13(17)6-8-20/h3-4,9-10,13H,5-8,17H2,1-2H3,(H,18,19). The van der Waals surface area contributed by atoms with Crippen LogP contribution in [0.25, 0.3) is 11.3 Å². The summed E-state index contributed by atoms with van der Waals surface area (Å²) in [7, 11) is 0. The molecule has 1 saturated heterocycles. The number of rotatable bonds is 2. The number of nitrogens with two attached hydrogens (primary N) is 1. The Morgan fingerprint density at radius 3 is 2.70 bits per heavy atom. The van der Waals surface area contributed by atoms with Crippen LogP contribution in [-0.2, 0) is 0 Å². The molecule has 1 aromatic carbocycles. The summed E-state index contributed by atoms with van der Waals surface area (Å²) >= 11 is 0. The van der Waals surface area contributed by atoms with Crippen molar-refractivity contribution in [1.82, 2.24) is 10.2 Å². The molecule has 1 aromatic heterocycles. The van der Waals surface area contributed by atoms with Crippen molar-refractivity contribution >= 4 is 5.82 Å². The molecule has 4 nitrogen and oxygen atoms in total. The topological polar surface area (TPSA) is 57.9 Å². The first kappa shape index (κ1) is 13.2. The first-order valence-electron chi connectivity index (χ1n) is 7.27. The van der Waals surface area contributed by atoms with Crippen LogP contribution in [0.3, 0.4) is 0 Å². The molecule has 1 fully saturated rings. The summed E-state index contributed by atoms with van der Waals surface area (Å²) in [5, 5.41) is 7.65. The Morgan fingerprint density at radius 1 is 1.20 bits per heavy atom. The lowest BCUT2D eigenvalue weighted by molar-refractivity contribution is 0.498. The van der Waals surface area contributed by atoms with E-state index in [0.717, 1.165) is 37.4 Å². The molecule has 0 atom stereocenters. The lowest BCUT2D eigenvalue weighted by atomic mass is 10.0. The lowest BCUT2D eigenvalue weighted by Gasteiger charge is -2.29. The smallest absolute Gasteiger partial charge is 0.150 e. The number of hydrogen-bond acceptors (Lipinski definition) is 3. The Labute approximate surface area is 120 Å². The van der Waals surface area contributed by atoms with E-state index in [1.54, 1.807) is 0 Å². The van der Waals surface area contributed by atoms with Gasteiger partial charge in [-0.2, -0.15) is 5.10 Å². The maximum atomic E-state index is 5.95. The van der Waals surface area contributed by atoms with Gasteiger partial charge >= 0.3 is 0 Å². The third kappa shape index (κ3) is 2.56. The zero-order valence-electron chi connectivity index (χ0n) is 12.2. The minimum Gasteiger partial charge on any atom is -0.355 e. The Bertz CT molecular complexity index is 594. The Balaban J connectivity index is 1.85. The second kappa shape index (κ2) is 5.29. The largest absolute Gasteiger partial charge is 0.355 e. The normalized spacial score (nSPS) is 16.6. The average molecular weight is 270 g/mol. The number of H-pyrrole nitrogens is 1. The van der Waals surface area contributed by atoms with E-state index in [1.165, 1.54) is 16.7 Å². The van der Waals surface area contributed by atoms with E-state index in [9.17, 15) is 0 Å². The van der Waals surface area contributed by atoms with Crippen LogP contribution in [0, 0.1) is 13.8 Å². The van der Waals surface area contributed by atoms with Crippen LogP contribution in [0.4, 0.5) is 5.82 Å². The molecule has 4 heteroatoms. The SMILES string of the molecule is Cc1ccc(C)c(-c2cc(N3CCC(N)CC3)n[nH]2)c1. The van der Waals surface area contributed by atoms with Gasteiger partial charge in [-0.15, -0.1) is 0 Å². The Morgan fingerprint density at radius 2 is 1.95 bits per heavy atom. The van der Waals surface area contributed by atoms with Crippen molar-refractivity contribution in [3.63, 3.8) is 0 Å². The fourth-order valence-electron chi connectivity index (χ4n) is 2.77. The maximum Gasteiger partial charge on any atom is 0.150 e. The number of hydrogen-bond donors (Lipinski definition) is 2. The summed E-state index contributed by atoms with van der Waals surface area (Å²) in [6.45, 7) is 6.25. The van der Waals surface area contributed by atoms with Gasteiger partial charge in [-0.1, -0.05) is 17.7 Å². The van der Waals surface area contributed by atoms with E-state index in [0.29, 0.717) is 6.04 Å². The molecular formula is C16H22N4. The first-order chi connectivity index (χ1) is 9.63. The highest BCUT2D eigenvalue weighted by molar-refractivity contribution is 5.67. The monoisotopic (exact) mass is 270 g/mol. The molecule has 20 heavy (non-hydrogen) atoms. The van der Waals surface area contributed by atoms with Crippen molar-refractivity contribution in [2.24, 2.45) is 5.73 Å². The summed E-state index contributed by atoms with van der Waals surface area (Å²) in [5.74, 6) is 1.04. The average Bonchev–Trinajstić information content (AvgIpc) is 2.92. The molecule has 0 unspecified atom stereocenters. The minimum atomic E-state index is 0.351. The van der Waals surface area contributed by atoms with Crippen LogP contribution in [0.1, 0.15) is 24.0 Å². The molecule has 106 valence electrons. The van der Waals surface area contributed by atoms with E-state index in [1.807, 2.05) is 0 Å². The lowest BCUT2D eigenvalue weighted by Crippen LogP contribution is -2.39. The Kier molecular flexibility index (Phi) is 3.49. The van der Waals surface area contributed by atoms with Crippen LogP contribution in [0.2, 0.25) is 0 Å². The molecule has 2 heterocycles. The van der Waals surface area contributed by atoms with Crippen molar-refractivity contribution in [2.45, 2.75) is 32.7 Å². The molecule has 0 bridgehead atoms. The van der Waals surface area contributed by atoms with Gasteiger partial charge in [-0.3, -0.25) is 5.10 Å². The van der Waals surface area contributed by atoms with Gasteiger partial charge in [0, 0.05) is 30.8 Å². The van der Waals surface area contributed by atoms with Gasteiger partial charge in [0.05, 0.1) is 5.69 Å². The van der Waals surface area contributed by atoms with Gasteiger partial charge in [0.1, 0.15) is 0 Å². The third-order valence-electron chi connectivity index (χ3n) is 4.11. The van der Waals surface area contributed by atoms with Crippen molar-refractivity contribution in [3.05, 3.63) is 35.4 Å². The number of nitrogens with zero attached hydrogens (tertiary/aromatic N) is 2. The van der Waals surface area contributed by atoms with E-state index < -0.39 is 0 Å². The van der Waals surface area contributed by atoms with Gasteiger partial charge < -0.3 is 10.6 Å². The second-order valence-corrected chi connectivity index (χ2v) is 5.78. The van der Waals surface area contributed by atoms with Gasteiger partial charge in [0.15, 0.2) is 5.82 Å². The summed E-state index contributed by atoms with van der Waals surface area (Å²) in [5.41, 5.74) is 10.8. The van der Waals surface area contributed by atoms with Gasteiger partial charge in [0.25, 0.3) is 0 Å². The van der Waals surface area contributed by atoms with Crippen molar-refractivity contribution in [3.8, 4) is 11.3 Å². The van der Waals surface area contributed by atoms with Crippen LogP contribution in [0.15, 0.2) is 24.3 Å². The van der Waals surface area contributed by atoms with Gasteiger partial charge in [0.2, 0.25) is 0 Å². The molecule has 0 spiro atoms. The van der Waals surface area contributed by atoms with Crippen LogP contribution in [0.5, 0.6) is 0 Å². The summed E-state index contributed by atoms with van der Waals surface area (Å²) in [4.78, 5) is 2.31. The van der Waals surface area contributed by atoms with Crippen LogP contribution >= 0.6 is 0 Å². The van der Waals surface area contributed by atoms with E-state index in [-0.39, 0.29) is 0 Å². The maximum absolute atomic E-state index is 5.95. The molecule has 0 radical (unpaired) electrons. The number of benzene rings is 1. The van der Waals surface area contributed by atoms with Crippen molar-refractivity contribution in [1.29, 1.82) is 0 Å². The second-order valence-electron chi connectivity index (χ2n) is 5.78. The first-order valence-corrected chi connectivity index (χ1v) is 7.27. The highest BCUT2D eigenvalue weighted by atomic mass is 15.3. The summed E-state index contributed by atoms with van der Waals surface area (Å²) in [6.07, 6.45) is 2.09. The molecule has 0 amide bonds. The van der Waals surface area contributed by atoms with E-state index in [2.05, 4.69) is 53.2 Å². The summed E-state index contributed by atoms with van der Waals surface area (Å²) < 4.78 is 0. The van der Waals surface area contributed by atoms with Gasteiger partial charge in [-0.05, 0) is 38.3 Å². The Hall–Kier alpha value is -1.81. The molecule has 3 rings (SSSR count). The quantitative estimate of drug-likeness (QED) is 0.882. The fraction of sp³-hybridized carbons (Fsp3) is 0.438. The molecule has 1 aliphatic rings. The predicted octanol–water partition coefficient (Wildman–Crippen LogP) is 2.62. The molecule has 0 saturated carbocycles. The molecule has 2 aromatic rings. The predicted molar refractivity (Wildman–Crippen MR) is 82.9 cm³/mol. The van der Waals surface area contributed by atoms with E-state index in [4.69, 9.17) is 5.73 Å². The molecule has 1 aliphatic heterocycles. The number of aryl methyl sites for hydroxylation is 2. The van der Waals surface area contributed by atoms with E-state index >= 15 is 0 Å². The number of aromatic nitrogens is 2. The number of nitrogens with one attached hydrogen (secondary N) is 1. The highest BCUT2D eigenvalue weighted by Crippen LogP contribution is 2.27. The van der Waals surface area contributed by atoms with Crippen LogP contribution < -0.4 is 10.6 Å². The molecule has 3 N–H and O–H groups in total. The number of aromatic amines is 1. The molecule has 0 aliphatic carbocycles.